The lowest BCUT2D eigenvalue weighted by Gasteiger charge is -2.12. The Balaban J connectivity index is 1.97. The van der Waals surface area contributed by atoms with E-state index in [1.54, 1.807) is 44.2 Å². The average Bonchev–Trinajstić information content (AvgIpc) is 2.94. The van der Waals surface area contributed by atoms with E-state index >= 15 is 0 Å². The summed E-state index contributed by atoms with van der Waals surface area (Å²) >= 11 is 3.28. The third-order valence-electron chi connectivity index (χ3n) is 4.06. The van der Waals surface area contributed by atoms with Crippen LogP contribution < -0.4 is 9.75 Å². The van der Waals surface area contributed by atoms with Gasteiger partial charge in [-0.1, -0.05) is 6.07 Å². The van der Waals surface area contributed by atoms with Gasteiger partial charge in [0.2, 0.25) is 0 Å². The van der Waals surface area contributed by atoms with Crippen LogP contribution in [0, 0.1) is 0 Å². The van der Waals surface area contributed by atoms with Crippen molar-refractivity contribution in [3.8, 4) is 11.5 Å². The normalized spacial score (nSPS) is 15.1. The number of carbonyl (C=O) groups is 2. The fourth-order valence-corrected chi connectivity index (χ4v) is 3.20. The van der Waals surface area contributed by atoms with Crippen molar-refractivity contribution < 1.29 is 24.5 Å². The molecule has 8 heteroatoms. The maximum absolute atomic E-state index is 12.9. The zero-order valence-electron chi connectivity index (χ0n) is 15.1. The number of hydrogen-bond donors (Lipinski definition) is 2. The summed E-state index contributed by atoms with van der Waals surface area (Å²) in [5.41, 5.74) is 1.94. The molecule has 144 valence electrons. The van der Waals surface area contributed by atoms with Crippen LogP contribution in [0.1, 0.15) is 29.8 Å². The second-order valence-electron chi connectivity index (χ2n) is 6.00. The molecule has 0 radical (unpaired) electrons. The highest BCUT2D eigenvalue weighted by atomic mass is 79.9. The number of carboxylic acids is 1. The van der Waals surface area contributed by atoms with Gasteiger partial charge in [-0.25, -0.2) is 4.79 Å². The molecular formula is C20H17BrN2O5. The van der Waals surface area contributed by atoms with Gasteiger partial charge in [-0.15, -0.1) is 0 Å². The molecule has 0 saturated heterocycles. The Bertz CT molecular complexity index is 1030. The Hall–Kier alpha value is -3.13. The zero-order chi connectivity index (χ0) is 20.4. The standard InChI is InChI=1S/C20H17BrN2O5/c1-3-28-17-9-12(8-16(21)18(17)24)7-15-11(2)22-23(19(15)25)14-6-4-5-13(10-14)20(26)27/h4-10,24H,3H2,1-2H3,(H,26,27)/b15-7-. The minimum Gasteiger partial charge on any atom is -0.503 e. The predicted molar refractivity (Wildman–Crippen MR) is 109 cm³/mol. The van der Waals surface area contributed by atoms with Crippen molar-refractivity contribution in [1.29, 1.82) is 0 Å². The van der Waals surface area contributed by atoms with Gasteiger partial charge in [0.25, 0.3) is 5.91 Å². The van der Waals surface area contributed by atoms with Gasteiger partial charge in [0, 0.05) is 0 Å². The highest BCUT2D eigenvalue weighted by Crippen LogP contribution is 2.36. The molecule has 0 bridgehead atoms. The number of carbonyl (C=O) groups excluding carboxylic acids is 1. The van der Waals surface area contributed by atoms with Crippen molar-refractivity contribution in [2.75, 3.05) is 11.6 Å². The fraction of sp³-hybridized carbons (Fsp3) is 0.150. The Kier molecular flexibility index (Phi) is 5.51. The van der Waals surface area contributed by atoms with E-state index in [2.05, 4.69) is 21.0 Å². The summed E-state index contributed by atoms with van der Waals surface area (Å²) in [7, 11) is 0. The molecule has 0 unspecified atom stereocenters. The smallest absolute Gasteiger partial charge is 0.335 e. The Morgan fingerprint density at radius 3 is 2.75 bits per heavy atom. The topological polar surface area (TPSA) is 99.4 Å². The van der Waals surface area contributed by atoms with E-state index in [0.717, 1.165) is 0 Å². The first-order valence-electron chi connectivity index (χ1n) is 8.42. The molecule has 0 aromatic heterocycles. The van der Waals surface area contributed by atoms with Crippen LogP contribution in [0.2, 0.25) is 0 Å². The monoisotopic (exact) mass is 444 g/mol. The maximum atomic E-state index is 12.9. The van der Waals surface area contributed by atoms with Crippen LogP contribution in [0.15, 0.2) is 51.5 Å². The van der Waals surface area contributed by atoms with E-state index in [0.29, 0.717) is 39.4 Å². The van der Waals surface area contributed by atoms with E-state index < -0.39 is 5.97 Å². The molecule has 2 aromatic carbocycles. The molecule has 1 amide bonds. The summed E-state index contributed by atoms with van der Waals surface area (Å²) in [6, 6.07) is 9.32. The Morgan fingerprint density at radius 1 is 1.32 bits per heavy atom. The maximum Gasteiger partial charge on any atom is 0.335 e. The van der Waals surface area contributed by atoms with Crippen LogP contribution in [0.4, 0.5) is 5.69 Å². The lowest BCUT2D eigenvalue weighted by molar-refractivity contribution is -0.114. The molecule has 2 N–H and O–H groups in total. The van der Waals surface area contributed by atoms with E-state index in [1.807, 2.05) is 0 Å². The van der Waals surface area contributed by atoms with Crippen LogP contribution in [0.25, 0.3) is 6.08 Å². The van der Waals surface area contributed by atoms with Gasteiger partial charge in [-0.05, 0) is 71.7 Å². The molecule has 1 aliphatic heterocycles. The zero-order valence-corrected chi connectivity index (χ0v) is 16.7. The Labute approximate surface area is 169 Å². The molecule has 0 atom stereocenters. The van der Waals surface area contributed by atoms with E-state index in [-0.39, 0.29) is 17.2 Å². The number of ether oxygens (including phenoxy) is 1. The van der Waals surface area contributed by atoms with Gasteiger partial charge < -0.3 is 14.9 Å². The lowest BCUT2D eigenvalue weighted by Crippen LogP contribution is -2.21. The summed E-state index contributed by atoms with van der Waals surface area (Å²) in [4.78, 5) is 24.0. The number of amides is 1. The second kappa shape index (κ2) is 7.85. The first-order valence-corrected chi connectivity index (χ1v) is 9.21. The first-order chi connectivity index (χ1) is 13.3. The molecule has 0 fully saturated rings. The number of nitrogens with zero attached hydrogens (tertiary/aromatic N) is 2. The number of carboxylic acid groups (broad SMARTS) is 1. The molecule has 7 nitrogen and oxygen atoms in total. The van der Waals surface area contributed by atoms with Crippen molar-refractivity contribution in [2.45, 2.75) is 13.8 Å². The van der Waals surface area contributed by atoms with E-state index in [1.165, 1.54) is 17.1 Å². The number of halogens is 1. The summed E-state index contributed by atoms with van der Waals surface area (Å²) in [5, 5.41) is 24.6. The van der Waals surface area contributed by atoms with Gasteiger partial charge in [0.05, 0.1) is 33.6 Å². The second-order valence-corrected chi connectivity index (χ2v) is 6.85. The van der Waals surface area contributed by atoms with Gasteiger partial charge in [-0.3, -0.25) is 4.79 Å². The Morgan fingerprint density at radius 2 is 2.07 bits per heavy atom. The van der Waals surface area contributed by atoms with Crippen molar-refractivity contribution in [1.82, 2.24) is 0 Å². The minimum absolute atomic E-state index is 0.0146. The summed E-state index contributed by atoms with van der Waals surface area (Å²) in [6.07, 6.45) is 1.65. The van der Waals surface area contributed by atoms with Crippen molar-refractivity contribution in [2.24, 2.45) is 5.10 Å². The lowest BCUT2D eigenvalue weighted by atomic mass is 10.1. The largest absolute Gasteiger partial charge is 0.503 e. The van der Waals surface area contributed by atoms with E-state index in [4.69, 9.17) is 9.84 Å². The molecule has 3 rings (SSSR count). The molecule has 1 heterocycles. The highest BCUT2D eigenvalue weighted by molar-refractivity contribution is 9.10. The SMILES string of the molecule is CCOc1cc(/C=C2\C(=O)N(c3cccc(C(=O)O)c3)N=C2C)cc(Br)c1O. The third kappa shape index (κ3) is 3.77. The first kappa shape index (κ1) is 19.6. The number of aromatic hydroxyl groups is 1. The fourth-order valence-electron chi connectivity index (χ4n) is 2.74. The molecule has 0 saturated carbocycles. The van der Waals surface area contributed by atoms with Crippen LogP contribution in [-0.4, -0.2) is 34.4 Å². The highest BCUT2D eigenvalue weighted by Gasteiger charge is 2.29. The number of hydrazone groups is 1. The number of aromatic carboxylic acids is 1. The number of phenolic OH excluding ortho intramolecular Hbond substituents is 1. The van der Waals surface area contributed by atoms with E-state index in [9.17, 15) is 14.7 Å². The van der Waals surface area contributed by atoms with Crippen LogP contribution >= 0.6 is 15.9 Å². The number of anilines is 1. The quantitative estimate of drug-likeness (QED) is 0.677. The van der Waals surface area contributed by atoms with Crippen molar-refractivity contribution in [3.05, 3.63) is 57.6 Å². The van der Waals surface area contributed by atoms with Crippen molar-refractivity contribution >= 4 is 45.3 Å². The van der Waals surface area contributed by atoms with Crippen LogP contribution in [0.3, 0.4) is 0 Å². The number of phenols is 1. The van der Waals surface area contributed by atoms with Gasteiger partial charge in [0.15, 0.2) is 11.5 Å². The number of rotatable bonds is 5. The van der Waals surface area contributed by atoms with Crippen LogP contribution in [-0.2, 0) is 4.79 Å². The molecule has 1 aliphatic rings. The number of benzene rings is 2. The van der Waals surface area contributed by atoms with Gasteiger partial charge >= 0.3 is 5.97 Å². The van der Waals surface area contributed by atoms with Gasteiger partial charge in [-0.2, -0.15) is 10.1 Å². The molecule has 28 heavy (non-hydrogen) atoms. The molecule has 0 spiro atoms. The van der Waals surface area contributed by atoms with Gasteiger partial charge in [0.1, 0.15) is 0 Å². The average molecular weight is 445 g/mol. The summed E-state index contributed by atoms with van der Waals surface area (Å²) in [5.74, 6) is -1.17. The minimum atomic E-state index is -1.08. The summed E-state index contributed by atoms with van der Waals surface area (Å²) in [6.45, 7) is 3.88. The van der Waals surface area contributed by atoms with Crippen molar-refractivity contribution in [3.63, 3.8) is 0 Å². The summed E-state index contributed by atoms with van der Waals surface area (Å²) < 4.78 is 5.85. The predicted octanol–water partition coefficient (Wildman–Crippen LogP) is 4.06. The van der Waals surface area contributed by atoms with Crippen LogP contribution in [0.5, 0.6) is 11.5 Å². The molecule has 2 aromatic rings. The third-order valence-corrected chi connectivity index (χ3v) is 4.67. The molecular weight excluding hydrogens is 428 g/mol. The number of hydrogen-bond acceptors (Lipinski definition) is 5. The molecule has 0 aliphatic carbocycles.